The maximum atomic E-state index is 7.82. The third-order valence-electron chi connectivity index (χ3n) is 14.6. The van der Waals surface area contributed by atoms with E-state index >= 15 is 0 Å². The molecule has 0 spiro atoms. The summed E-state index contributed by atoms with van der Waals surface area (Å²) >= 11 is 0. The number of aryl methyl sites for hydroxylation is 8. The average molecular weight is 1220 g/mol. The Kier molecular flexibility index (Phi) is 23.5. The summed E-state index contributed by atoms with van der Waals surface area (Å²) in [6, 6.07) is 72.3. The van der Waals surface area contributed by atoms with Gasteiger partial charge in [0.25, 0.3) is 0 Å². The van der Waals surface area contributed by atoms with Gasteiger partial charge in [-0.1, -0.05) is 230 Å². The summed E-state index contributed by atoms with van der Waals surface area (Å²) in [7, 11) is 4.49. The first-order valence-electron chi connectivity index (χ1n) is 26.6. The summed E-state index contributed by atoms with van der Waals surface area (Å²) in [6.45, 7) is 21.6. The maximum Gasteiger partial charge on any atom is 3.00 e. The average Bonchev–Trinajstić information content (AvgIpc) is 3.48. The molecule has 0 saturated carbocycles. The fourth-order valence-electron chi connectivity index (χ4n) is 11.2. The second kappa shape index (κ2) is 28.8. The number of fused-ring (bicyclic) bond motifs is 2. The number of halogens is 2. The van der Waals surface area contributed by atoms with Gasteiger partial charge in [-0.05, 0) is 143 Å². The zero-order chi connectivity index (χ0) is 55.0. The van der Waals surface area contributed by atoms with E-state index in [1.54, 1.807) is 14.2 Å². The Morgan fingerprint density at radius 1 is 0.450 bits per heavy atom. The van der Waals surface area contributed by atoms with E-state index in [0.717, 1.165) is 47.9 Å². The van der Waals surface area contributed by atoms with E-state index in [1.807, 2.05) is 48.5 Å². The number of rotatable bonds is 12. The molecule has 413 valence electrons. The molecule has 4 N–H and O–H groups in total. The zero-order valence-corrected chi connectivity index (χ0v) is 53.4. The van der Waals surface area contributed by atoms with E-state index in [9.17, 15) is 0 Å². The molecule has 0 aliphatic carbocycles. The van der Waals surface area contributed by atoms with Crippen LogP contribution in [-0.4, -0.2) is 14.2 Å². The summed E-state index contributed by atoms with van der Waals surface area (Å²) in [4.78, 5) is 0. The Balaban J connectivity index is 0.000000244. The van der Waals surface area contributed by atoms with Crippen molar-refractivity contribution in [1.82, 2.24) is 0 Å². The van der Waals surface area contributed by atoms with Crippen LogP contribution >= 0.6 is 17.2 Å². The number of hydrogen-bond donors (Lipinski definition) is 2. The fourth-order valence-corrected chi connectivity index (χ4v) is 14.4. The minimum atomic E-state index is -1.08. The first-order valence-corrected chi connectivity index (χ1v) is 28.6. The van der Waals surface area contributed by atoms with Crippen molar-refractivity contribution in [2.24, 2.45) is 17.4 Å². The molecular weight excluding hydrogens is 1150 g/mol. The van der Waals surface area contributed by atoms with Crippen LogP contribution in [-0.2, 0) is 30.6 Å². The van der Waals surface area contributed by atoms with Crippen LogP contribution in [0.15, 0.2) is 194 Å². The molecule has 10 aromatic carbocycles. The first-order chi connectivity index (χ1) is 36.9. The first kappa shape index (κ1) is 65.1. The summed E-state index contributed by atoms with van der Waals surface area (Å²) in [5, 5.41) is 10.5. The van der Waals surface area contributed by atoms with E-state index in [2.05, 4.69) is 221 Å². The largest absolute Gasteiger partial charge is 3.00 e. The van der Waals surface area contributed by atoms with Crippen LogP contribution in [0, 0.1) is 67.4 Å². The van der Waals surface area contributed by atoms with Gasteiger partial charge in [0.15, 0.2) is 0 Å². The molecule has 10 rings (SSSR count). The second-order valence-corrected chi connectivity index (χ2v) is 23.8. The monoisotopic (exact) mass is 1220 g/mol. The number of ether oxygens (including phenoxy) is 2. The van der Waals surface area contributed by atoms with E-state index in [0.29, 0.717) is 8.58 Å². The van der Waals surface area contributed by atoms with Crippen molar-refractivity contribution in [3.63, 3.8) is 0 Å². The Bertz CT molecular complexity index is 3430. The van der Waals surface area contributed by atoms with Gasteiger partial charge in [0.2, 0.25) is 0 Å². The Hall–Kier alpha value is -5.70. The maximum absolute atomic E-state index is 7.82. The molecule has 0 fully saturated rings. The summed E-state index contributed by atoms with van der Waals surface area (Å²) in [5.41, 5.74) is 29.2. The molecule has 0 heterocycles. The van der Waals surface area contributed by atoms with E-state index in [4.69, 9.17) is 20.9 Å². The predicted molar refractivity (Wildman–Crippen MR) is 336 cm³/mol. The molecule has 10 aromatic rings. The third-order valence-corrected chi connectivity index (χ3v) is 16.9. The summed E-state index contributed by atoms with van der Waals surface area (Å²) in [6.07, 6.45) is 0. The van der Waals surface area contributed by atoms with Crippen LogP contribution in [0.5, 0.6) is 11.5 Å². The van der Waals surface area contributed by atoms with Crippen molar-refractivity contribution in [1.29, 1.82) is 0 Å². The molecule has 0 saturated heterocycles. The zero-order valence-electron chi connectivity index (χ0n) is 48.1. The van der Waals surface area contributed by atoms with Gasteiger partial charge >= 0.3 is 19.5 Å². The quantitative estimate of drug-likeness (QED) is 0.0728. The van der Waals surface area contributed by atoms with Gasteiger partial charge in [0.05, 0.1) is 25.3 Å². The van der Waals surface area contributed by atoms with E-state index in [-0.39, 0.29) is 50.2 Å². The van der Waals surface area contributed by atoms with Gasteiger partial charge in [0.1, 0.15) is 11.5 Å². The van der Waals surface area contributed by atoms with E-state index < -0.39 is 11.1 Å². The minimum absolute atomic E-state index is 0. The molecule has 4 nitrogen and oxygen atoms in total. The second-order valence-electron chi connectivity index (χ2n) is 21.1. The van der Waals surface area contributed by atoms with Crippen LogP contribution in [0.25, 0.3) is 32.7 Å². The van der Waals surface area contributed by atoms with Crippen LogP contribution in [0.1, 0.15) is 75.0 Å². The Morgan fingerprint density at radius 2 is 0.850 bits per heavy atom. The number of benzene rings is 10. The van der Waals surface area contributed by atoms with Crippen LogP contribution < -0.4 is 67.0 Å². The Labute approximate surface area is 506 Å². The summed E-state index contributed by atoms with van der Waals surface area (Å²) < 4.78 is 11.0. The minimum Gasteiger partial charge on any atom is -1.00 e. The molecule has 0 aliphatic heterocycles. The van der Waals surface area contributed by atoms with Gasteiger partial charge < -0.3 is 45.8 Å². The molecular formula is C71H75Cl2N2O2P2Ru. The van der Waals surface area contributed by atoms with Crippen LogP contribution in [0.4, 0.5) is 0 Å². The third kappa shape index (κ3) is 14.9. The van der Waals surface area contributed by atoms with Crippen molar-refractivity contribution < 1.29 is 53.8 Å². The van der Waals surface area contributed by atoms with Gasteiger partial charge in [-0.15, -0.1) is 5.30 Å². The standard InChI is InChI=1S/C35H42N2O2P.C20H14.C16H19P.2ClH.Ru/c1-22(2)34(36,33-26(6)18-25(5)21-32(33)40-31-19-23(3)17-24(4)20-31)35(37,27-9-13-29(38-7)14-10-27)28-11-15-30(39-8)16-12-28;1-3-11-17-15(7-1)9-5-13-19(17)20-14-6-10-16-8-2-4-12-18(16)20;1-11-5-12(2)8-15(7-11)17-16-9-13(3)6-14(4)10-16;;;/h9-19,21-22,40H,36-37H2,1-8H3;1-14H;5-10,17H,1-4H3;2*1H;/q-1;;;;;+3/p-2/t34-;;;;;/m0...../s1. The van der Waals surface area contributed by atoms with Gasteiger partial charge in [0, 0.05) is 0 Å². The molecule has 80 heavy (non-hydrogen) atoms. The van der Waals surface area contributed by atoms with Crippen molar-refractivity contribution >= 4 is 59.9 Å². The molecule has 0 aliphatic rings. The Morgan fingerprint density at radius 3 is 1.26 bits per heavy atom. The molecule has 0 bridgehead atoms. The SMILES string of the molecule is COc1ccc(C(N)(c2ccc(OC)cc2)[C@@](N)(c2c(C)cc(C)cc2Pc2[c-]c(C)cc(C)c2)C(C)C)cc1.Cc1cc(C)cc(Pc2cc(C)cc(C)c2)c1.[Cl-].[Cl-].[Ru+3].c1ccc2c(-c3cccc4ccccc34)cccc2c1. The van der Waals surface area contributed by atoms with Crippen LogP contribution in [0.3, 0.4) is 0 Å². The van der Waals surface area contributed by atoms with Gasteiger partial charge in [-0.25, -0.2) is 0 Å². The van der Waals surface area contributed by atoms with Gasteiger partial charge in [-0.3, -0.25) is 0 Å². The normalized spacial score (nSPS) is 11.8. The summed E-state index contributed by atoms with van der Waals surface area (Å²) in [5.74, 6) is 1.52. The molecule has 0 amide bonds. The number of methoxy groups -OCH3 is 2. The van der Waals surface area contributed by atoms with Crippen molar-refractivity contribution in [3.8, 4) is 22.6 Å². The van der Waals surface area contributed by atoms with E-state index in [1.165, 1.54) is 87.3 Å². The molecule has 2 atom stereocenters. The van der Waals surface area contributed by atoms with Gasteiger partial charge in [-0.2, -0.15) is 29.3 Å². The van der Waals surface area contributed by atoms with Crippen LogP contribution in [0.2, 0.25) is 0 Å². The van der Waals surface area contributed by atoms with Crippen molar-refractivity contribution in [2.45, 2.75) is 80.3 Å². The molecule has 1 unspecified atom stereocenters. The molecule has 0 aromatic heterocycles. The van der Waals surface area contributed by atoms with Crippen molar-refractivity contribution in [2.75, 3.05) is 14.2 Å². The topological polar surface area (TPSA) is 70.5 Å². The fraction of sp³-hybridized carbons (Fsp3) is 0.211. The number of nitrogens with two attached hydrogens (primary N) is 2. The predicted octanol–water partition coefficient (Wildman–Crippen LogP) is 9.29. The molecule has 9 heteroatoms. The smallest absolute Gasteiger partial charge is 1.00 e. The molecule has 1 radical (unpaired) electrons. The number of hydrogen-bond acceptors (Lipinski definition) is 4. The van der Waals surface area contributed by atoms with Crippen molar-refractivity contribution in [3.05, 3.63) is 261 Å².